The highest BCUT2D eigenvalue weighted by Gasteiger charge is 2.27. The molecule has 0 fully saturated rings. The molecule has 1 aromatic rings. The SMILES string of the molecule is CCO[C@H]1NC(=O)c2ccccc21. The first-order valence-electron chi connectivity index (χ1n) is 4.34. The van der Waals surface area contributed by atoms with Gasteiger partial charge in [-0.25, -0.2) is 0 Å². The molecular weight excluding hydrogens is 166 g/mol. The first-order valence-corrected chi connectivity index (χ1v) is 4.34. The third-order valence-electron chi connectivity index (χ3n) is 2.08. The number of amides is 1. The van der Waals surface area contributed by atoms with Crippen LogP contribution in [0.2, 0.25) is 0 Å². The topological polar surface area (TPSA) is 38.3 Å². The van der Waals surface area contributed by atoms with Crippen LogP contribution in [-0.4, -0.2) is 12.5 Å². The van der Waals surface area contributed by atoms with Gasteiger partial charge in [0.15, 0.2) is 6.23 Å². The summed E-state index contributed by atoms with van der Waals surface area (Å²) in [5.74, 6) is -0.0472. The molecular formula is C10H11NO2. The maximum absolute atomic E-state index is 11.4. The Hall–Kier alpha value is -1.35. The van der Waals surface area contributed by atoms with E-state index in [1.807, 2.05) is 31.2 Å². The molecule has 1 amide bonds. The molecule has 1 N–H and O–H groups in total. The van der Waals surface area contributed by atoms with Gasteiger partial charge in [-0.3, -0.25) is 4.79 Å². The maximum Gasteiger partial charge on any atom is 0.253 e. The van der Waals surface area contributed by atoms with Gasteiger partial charge >= 0.3 is 0 Å². The Morgan fingerprint density at radius 1 is 1.46 bits per heavy atom. The second-order valence-corrected chi connectivity index (χ2v) is 2.90. The summed E-state index contributed by atoms with van der Waals surface area (Å²) in [6.07, 6.45) is -0.256. The summed E-state index contributed by atoms with van der Waals surface area (Å²) in [6.45, 7) is 2.51. The Kier molecular flexibility index (Phi) is 2.02. The number of hydrogen-bond acceptors (Lipinski definition) is 2. The molecule has 1 aromatic carbocycles. The molecule has 1 heterocycles. The molecule has 2 rings (SSSR count). The van der Waals surface area contributed by atoms with Gasteiger partial charge in [0.2, 0.25) is 0 Å². The van der Waals surface area contributed by atoms with E-state index in [2.05, 4.69) is 5.32 Å². The van der Waals surface area contributed by atoms with Crippen molar-refractivity contribution in [2.24, 2.45) is 0 Å². The monoisotopic (exact) mass is 177 g/mol. The largest absolute Gasteiger partial charge is 0.354 e. The van der Waals surface area contributed by atoms with Crippen molar-refractivity contribution in [1.29, 1.82) is 0 Å². The molecule has 0 saturated heterocycles. The molecule has 3 heteroatoms. The molecule has 0 aromatic heterocycles. The van der Waals surface area contributed by atoms with Crippen LogP contribution in [0.15, 0.2) is 24.3 Å². The minimum atomic E-state index is -0.256. The lowest BCUT2D eigenvalue weighted by atomic mass is 10.1. The van der Waals surface area contributed by atoms with E-state index in [9.17, 15) is 4.79 Å². The van der Waals surface area contributed by atoms with Crippen molar-refractivity contribution in [3.8, 4) is 0 Å². The third-order valence-corrected chi connectivity index (χ3v) is 2.08. The minimum Gasteiger partial charge on any atom is -0.354 e. The summed E-state index contributed by atoms with van der Waals surface area (Å²) in [5, 5.41) is 2.76. The second-order valence-electron chi connectivity index (χ2n) is 2.90. The van der Waals surface area contributed by atoms with Gasteiger partial charge < -0.3 is 10.1 Å². The molecule has 0 unspecified atom stereocenters. The van der Waals surface area contributed by atoms with Crippen molar-refractivity contribution < 1.29 is 9.53 Å². The predicted octanol–water partition coefficient (Wildman–Crippen LogP) is 1.47. The Morgan fingerprint density at radius 2 is 2.23 bits per heavy atom. The van der Waals surface area contributed by atoms with Crippen molar-refractivity contribution in [3.63, 3.8) is 0 Å². The number of benzene rings is 1. The van der Waals surface area contributed by atoms with Crippen LogP contribution in [0, 0.1) is 0 Å². The number of ether oxygens (including phenoxy) is 1. The average Bonchev–Trinajstić information content (AvgIpc) is 2.46. The van der Waals surface area contributed by atoms with Gasteiger partial charge in [0.25, 0.3) is 5.91 Å². The number of hydrogen-bond donors (Lipinski definition) is 1. The van der Waals surface area contributed by atoms with E-state index in [1.54, 1.807) is 0 Å². The quantitative estimate of drug-likeness (QED) is 0.742. The number of rotatable bonds is 2. The van der Waals surface area contributed by atoms with E-state index in [-0.39, 0.29) is 12.1 Å². The molecule has 1 atom stereocenters. The Morgan fingerprint density at radius 3 is 3.00 bits per heavy atom. The first-order chi connectivity index (χ1) is 6.33. The van der Waals surface area contributed by atoms with Crippen molar-refractivity contribution in [2.45, 2.75) is 13.2 Å². The van der Waals surface area contributed by atoms with Gasteiger partial charge in [-0.05, 0) is 13.0 Å². The molecule has 0 radical (unpaired) electrons. The second kappa shape index (κ2) is 3.18. The van der Waals surface area contributed by atoms with Crippen LogP contribution in [-0.2, 0) is 4.74 Å². The van der Waals surface area contributed by atoms with Crippen molar-refractivity contribution >= 4 is 5.91 Å². The van der Waals surface area contributed by atoms with E-state index in [0.717, 1.165) is 11.1 Å². The average molecular weight is 177 g/mol. The van der Waals surface area contributed by atoms with Crippen molar-refractivity contribution in [2.75, 3.05) is 6.61 Å². The van der Waals surface area contributed by atoms with Gasteiger partial charge in [0.05, 0.1) is 0 Å². The highest BCUT2D eigenvalue weighted by atomic mass is 16.5. The lowest BCUT2D eigenvalue weighted by Crippen LogP contribution is -2.21. The van der Waals surface area contributed by atoms with Gasteiger partial charge in [0.1, 0.15) is 0 Å². The van der Waals surface area contributed by atoms with Crippen LogP contribution < -0.4 is 5.32 Å². The van der Waals surface area contributed by atoms with E-state index in [1.165, 1.54) is 0 Å². The zero-order chi connectivity index (χ0) is 9.26. The smallest absolute Gasteiger partial charge is 0.253 e. The standard InChI is InChI=1S/C10H11NO2/c1-2-13-10-8-6-4-3-5-7(8)9(12)11-10/h3-6,10H,2H2,1H3,(H,11,12)/t10-/m1/s1. The van der Waals surface area contributed by atoms with E-state index < -0.39 is 0 Å². The third kappa shape index (κ3) is 1.31. The molecule has 68 valence electrons. The predicted molar refractivity (Wildman–Crippen MR) is 48.3 cm³/mol. The molecule has 0 spiro atoms. The molecule has 13 heavy (non-hydrogen) atoms. The van der Waals surface area contributed by atoms with E-state index >= 15 is 0 Å². The summed E-state index contributed by atoms with van der Waals surface area (Å²) in [4.78, 5) is 11.4. The Bertz CT molecular complexity index is 335. The lowest BCUT2D eigenvalue weighted by Gasteiger charge is -2.10. The lowest BCUT2D eigenvalue weighted by molar-refractivity contribution is 0.0418. The maximum atomic E-state index is 11.4. The van der Waals surface area contributed by atoms with Crippen molar-refractivity contribution in [1.82, 2.24) is 5.32 Å². The number of carbonyl (C=O) groups excluding carboxylic acids is 1. The van der Waals surface area contributed by atoms with E-state index in [0.29, 0.717) is 6.61 Å². The number of nitrogens with one attached hydrogen (secondary N) is 1. The molecule has 1 aliphatic rings. The van der Waals surface area contributed by atoms with Crippen LogP contribution in [0.3, 0.4) is 0 Å². The van der Waals surface area contributed by atoms with Crippen LogP contribution >= 0.6 is 0 Å². The highest BCUT2D eigenvalue weighted by Crippen LogP contribution is 2.25. The zero-order valence-electron chi connectivity index (χ0n) is 7.41. The fourth-order valence-corrected chi connectivity index (χ4v) is 1.51. The molecule has 3 nitrogen and oxygen atoms in total. The van der Waals surface area contributed by atoms with Gasteiger partial charge in [-0.15, -0.1) is 0 Å². The van der Waals surface area contributed by atoms with Crippen LogP contribution in [0.5, 0.6) is 0 Å². The zero-order valence-corrected chi connectivity index (χ0v) is 7.41. The summed E-state index contributed by atoms with van der Waals surface area (Å²) >= 11 is 0. The van der Waals surface area contributed by atoms with Gasteiger partial charge in [-0.1, -0.05) is 18.2 Å². The van der Waals surface area contributed by atoms with Gasteiger partial charge in [-0.2, -0.15) is 0 Å². The molecule has 0 bridgehead atoms. The van der Waals surface area contributed by atoms with E-state index in [4.69, 9.17) is 4.74 Å². The summed E-state index contributed by atoms with van der Waals surface area (Å²) < 4.78 is 5.37. The number of carbonyl (C=O) groups is 1. The fourth-order valence-electron chi connectivity index (χ4n) is 1.51. The highest BCUT2D eigenvalue weighted by molar-refractivity contribution is 5.98. The van der Waals surface area contributed by atoms with Crippen LogP contribution in [0.1, 0.15) is 29.1 Å². The summed E-state index contributed by atoms with van der Waals surface area (Å²) in [6, 6.07) is 7.48. The van der Waals surface area contributed by atoms with Crippen molar-refractivity contribution in [3.05, 3.63) is 35.4 Å². The summed E-state index contributed by atoms with van der Waals surface area (Å²) in [5.41, 5.74) is 1.66. The minimum absolute atomic E-state index is 0.0472. The van der Waals surface area contributed by atoms with Gasteiger partial charge in [0, 0.05) is 17.7 Å². The Balaban J connectivity index is 2.36. The fraction of sp³-hybridized carbons (Fsp3) is 0.300. The molecule has 1 aliphatic heterocycles. The summed E-state index contributed by atoms with van der Waals surface area (Å²) in [7, 11) is 0. The molecule has 0 saturated carbocycles. The Labute approximate surface area is 76.7 Å². The molecule has 0 aliphatic carbocycles. The first kappa shape index (κ1) is 8.26. The van der Waals surface area contributed by atoms with Crippen LogP contribution in [0.25, 0.3) is 0 Å². The number of fused-ring (bicyclic) bond motifs is 1. The van der Waals surface area contributed by atoms with Crippen LogP contribution in [0.4, 0.5) is 0 Å². The normalized spacial score (nSPS) is 19.8.